The summed E-state index contributed by atoms with van der Waals surface area (Å²) in [6, 6.07) is 0.419. The van der Waals surface area contributed by atoms with Gasteiger partial charge in [-0.25, -0.2) is 4.98 Å². The number of aromatic nitrogens is 1. The van der Waals surface area contributed by atoms with Gasteiger partial charge in [-0.3, -0.25) is 0 Å². The minimum atomic E-state index is -3.43. The Balaban J connectivity index is 2.37. The van der Waals surface area contributed by atoms with E-state index in [4.69, 9.17) is 0 Å². The Hall–Kier alpha value is -0.540. The largest absolute Gasteiger partial charge is 0.314 e. The summed E-state index contributed by atoms with van der Waals surface area (Å²) in [6.45, 7) is 7.75. The first-order valence-corrected chi connectivity index (χ1v) is 9.48. The summed E-state index contributed by atoms with van der Waals surface area (Å²) in [5.41, 5.74) is 0. The average Bonchev–Trinajstić information content (AvgIpc) is 2.89. The van der Waals surface area contributed by atoms with Crippen molar-refractivity contribution in [2.75, 3.05) is 20.1 Å². The minimum absolute atomic E-state index is 0.252. The van der Waals surface area contributed by atoms with E-state index >= 15 is 0 Å². The molecule has 1 aromatic heterocycles. The predicted molar refractivity (Wildman–Crippen MR) is 87.6 cm³/mol. The number of hydrogen-bond acceptors (Lipinski definition) is 5. The number of nitrogens with zero attached hydrogens (tertiary/aromatic N) is 2. The van der Waals surface area contributed by atoms with Crippen LogP contribution in [0.5, 0.6) is 0 Å². The summed E-state index contributed by atoms with van der Waals surface area (Å²) < 4.78 is 28.1. The smallest absolute Gasteiger partial charge is 0.279 e. The molecule has 0 radical (unpaired) electrons. The van der Waals surface area contributed by atoms with Crippen molar-refractivity contribution in [3.63, 3.8) is 0 Å². The van der Waals surface area contributed by atoms with E-state index in [1.165, 1.54) is 4.31 Å². The van der Waals surface area contributed by atoms with Gasteiger partial charge in [0.2, 0.25) is 0 Å². The van der Waals surface area contributed by atoms with Crippen LogP contribution in [0.2, 0.25) is 0 Å². The van der Waals surface area contributed by atoms with Gasteiger partial charge in [0.05, 0.1) is 6.54 Å². The van der Waals surface area contributed by atoms with Crippen molar-refractivity contribution >= 4 is 21.5 Å². The Labute approximate surface area is 132 Å². The molecule has 122 valence electrons. The highest BCUT2D eigenvalue weighted by Gasteiger charge is 2.17. The fourth-order valence-corrected chi connectivity index (χ4v) is 3.47. The molecule has 0 atom stereocenters. The molecular formula is C13H26N4O2S2. The lowest BCUT2D eigenvalue weighted by Crippen LogP contribution is -2.39. The molecule has 0 aromatic carbocycles. The van der Waals surface area contributed by atoms with E-state index in [-0.39, 0.29) is 6.54 Å². The molecule has 0 unspecified atom stereocenters. The van der Waals surface area contributed by atoms with E-state index in [2.05, 4.69) is 35.8 Å². The zero-order valence-electron chi connectivity index (χ0n) is 13.2. The van der Waals surface area contributed by atoms with Gasteiger partial charge in [-0.05, 0) is 19.4 Å². The first-order valence-electron chi connectivity index (χ1n) is 7.23. The third-order valence-corrected chi connectivity index (χ3v) is 5.62. The van der Waals surface area contributed by atoms with Crippen LogP contribution in [0.25, 0.3) is 0 Å². The van der Waals surface area contributed by atoms with Crippen molar-refractivity contribution in [2.24, 2.45) is 0 Å². The number of hydrogen-bond donors (Lipinski definition) is 2. The lowest BCUT2D eigenvalue weighted by Gasteiger charge is -2.17. The molecule has 21 heavy (non-hydrogen) atoms. The summed E-state index contributed by atoms with van der Waals surface area (Å²) in [5, 5.41) is 4.07. The van der Waals surface area contributed by atoms with Gasteiger partial charge < -0.3 is 5.32 Å². The lowest BCUT2D eigenvalue weighted by molar-refractivity contribution is 0.439. The van der Waals surface area contributed by atoms with Crippen LogP contribution in [0.15, 0.2) is 6.20 Å². The first-order chi connectivity index (χ1) is 9.85. The molecule has 1 rings (SSSR count). The minimum Gasteiger partial charge on any atom is -0.314 e. The fourth-order valence-electron chi connectivity index (χ4n) is 1.67. The normalized spacial score (nSPS) is 12.5. The molecule has 0 fully saturated rings. The quantitative estimate of drug-likeness (QED) is 0.634. The van der Waals surface area contributed by atoms with Crippen molar-refractivity contribution in [1.82, 2.24) is 19.3 Å². The monoisotopic (exact) mass is 334 g/mol. The Kier molecular flexibility index (Phi) is 7.75. The van der Waals surface area contributed by atoms with Crippen LogP contribution in [0, 0.1) is 0 Å². The highest BCUT2D eigenvalue weighted by Crippen LogP contribution is 2.13. The number of nitrogens with one attached hydrogen (secondary N) is 2. The molecule has 0 saturated carbocycles. The number of thiazole rings is 1. The van der Waals surface area contributed by atoms with Gasteiger partial charge in [0.25, 0.3) is 10.2 Å². The van der Waals surface area contributed by atoms with Crippen molar-refractivity contribution in [3.8, 4) is 0 Å². The highest BCUT2D eigenvalue weighted by molar-refractivity contribution is 7.87. The molecule has 0 spiro atoms. The maximum absolute atomic E-state index is 12.1. The fraction of sp³-hybridized carbons (Fsp3) is 0.769. The molecule has 1 heterocycles. The highest BCUT2D eigenvalue weighted by atomic mass is 32.2. The topological polar surface area (TPSA) is 74.3 Å². The van der Waals surface area contributed by atoms with E-state index in [1.807, 2.05) is 0 Å². The Morgan fingerprint density at radius 1 is 1.43 bits per heavy atom. The van der Waals surface area contributed by atoms with Crippen LogP contribution in [0.4, 0.5) is 0 Å². The second kappa shape index (κ2) is 8.79. The second-order valence-corrected chi connectivity index (χ2v) is 8.25. The van der Waals surface area contributed by atoms with Crippen molar-refractivity contribution in [1.29, 1.82) is 0 Å². The van der Waals surface area contributed by atoms with Crippen LogP contribution in [-0.4, -0.2) is 43.9 Å². The zero-order chi connectivity index (χ0) is 15.9. The molecule has 0 aliphatic heterocycles. The van der Waals surface area contributed by atoms with Gasteiger partial charge in [-0.1, -0.05) is 20.8 Å². The SMILES string of the molecule is CCc1cnc(CNS(=O)(=O)N(C)CCCNC(C)C)s1. The predicted octanol–water partition coefficient (Wildman–Crippen LogP) is 1.36. The molecule has 1 aromatic rings. The molecule has 8 heteroatoms. The standard InChI is InChI=1S/C13H26N4O2S2/c1-5-12-9-15-13(20-12)10-16-21(18,19)17(4)8-6-7-14-11(2)3/h9,11,14,16H,5-8,10H2,1-4H3. The van der Waals surface area contributed by atoms with Crippen molar-refractivity contribution < 1.29 is 8.42 Å². The van der Waals surface area contributed by atoms with Gasteiger partial charge in [-0.2, -0.15) is 17.4 Å². The van der Waals surface area contributed by atoms with Crippen LogP contribution < -0.4 is 10.0 Å². The third-order valence-electron chi connectivity index (χ3n) is 2.97. The lowest BCUT2D eigenvalue weighted by atomic mass is 10.3. The van der Waals surface area contributed by atoms with E-state index in [1.54, 1.807) is 24.6 Å². The van der Waals surface area contributed by atoms with Gasteiger partial charge in [0.15, 0.2) is 0 Å². The van der Waals surface area contributed by atoms with Crippen molar-refractivity contribution in [3.05, 3.63) is 16.1 Å². The summed E-state index contributed by atoms with van der Waals surface area (Å²) >= 11 is 1.54. The van der Waals surface area contributed by atoms with Gasteiger partial charge in [-0.15, -0.1) is 11.3 Å². The van der Waals surface area contributed by atoms with E-state index in [0.29, 0.717) is 12.6 Å². The molecule has 6 nitrogen and oxygen atoms in total. The molecular weight excluding hydrogens is 308 g/mol. The van der Waals surface area contributed by atoms with Crippen LogP contribution >= 0.6 is 11.3 Å². The van der Waals surface area contributed by atoms with Crippen molar-refractivity contribution in [2.45, 2.75) is 46.2 Å². The maximum Gasteiger partial charge on any atom is 0.279 e. The Bertz CT molecular complexity index is 514. The van der Waals surface area contributed by atoms with Crippen LogP contribution in [-0.2, 0) is 23.2 Å². The molecule has 2 N–H and O–H groups in total. The molecule has 0 aliphatic rings. The number of aryl methyl sites for hydroxylation is 1. The zero-order valence-corrected chi connectivity index (χ0v) is 14.9. The summed E-state index contributed by atoms with van der Waals surface area (Å²) in [4.78, 5) is 5.37. The Morgan fingerprint density at radius 2 is 2.14 bits per heavy atom. The Morgan fingerprint density at radius 3 is 2.71 bits per heavy atom. The maximum atomic E-state index is 12.1. The van der Waals surface area contributed by atoms with E-state index < -0.39 is 10.2 Å². The van der Waals surface area contributed by atoms with E-state index in [0.717, 1.165) is 29.3 Å². The molecule has 0 saturated heterocycles. The van der Waals surface area contributed by atoms with Crippen LogP contribution in [0.3, 0.4) is 0 Å². The van der Waals surface area contributed by atoms with Gasteiger partial charge in [0.1, 0.15) is 5.01 Å². The molecule has 0 amide bonds. The van der Waals surface area contributed by atoms with Gasteiger partial charge in [0, 0.05) is 30.7 Å². The van der Waals surface area contributed by atoms with E-state index in [9.17, 15) is 8.42 Å². The molecule has 0 aliphatic carbocycles. The average molecular weight is 335 g/mol. The summed E-state index contributed by atoms with van der Waals surface area (Å²) in [5.74, 6) is 0. The third kappa shape index (κ3) is 6.84. The van der Waals surface area contributed by atoms with Crippen LogP contribution in [0.1, 0.15) is 37.1 Å². The van der Waals surface area contributed by atoms with Gasteiger partial charge >= 0.3 is 0 Å². The second-order valence-electron chi connectivity index (χ2n) is 5.18. The number of rotatable bonds is 10. The first kappa shape index (κ1) is 18.5. The summed E-state index contributed by atoms with van der Waals surface area (Å²) in [7, 11) is -1.84. The summed E-state index contributed by atoms with van der Waals surface area (Å²) in [6.07, 6.45) is 3.51. The molecule has 0 bridgehead atoms.